The van der Waals surface area contributed by atoms with Crippen LogP contribution in [0.4, 0.5) is 0 Å². The summed E-state index contributed by atoms with van der Waals surface area (Å²) < 4.78 is 0. The van der Waals surface area contributed by atoms with Gasteiger partial charge in [-0.1, -0.05) is 31.4 Å². The predicted octanol–water partition coefficient (Wildman–Crippen LogP) is 2.88. The second-order valence-electron chi connectivity index (χ2n) is 6.97. The van der Waals surface area contributed by atoms with Crippen LogP contribution >= 0.6 is 0 Å². The van der Waals surface area contributed by atoms with Gasteiger partial charge in [0.2, 0.25) is 0 Å². The van der Waals surface area contributed by atoms with Crippen LogP contribution in [0.2, 0.25) is 0 Å². The summed E-state index contributed by atoms with van der Waals surface area (Å²) in [6.07, 6.45) is 12.0. The lowest BCUT2D eigenvalue weighted by molar-refractivity contribution is 0.0950. The molecule has 2 atom stereocenters. The lowest BCUT2D eigenvalue weighted by Gasteiger charge is -2.43. The fourth-order valence-corrected chi connectivity index (χ4v) is 3.72. The Kier molecular flexibility index (Phi) is 7.21. The van der Waals surface area contributed by atoms with Crippen molar-refractivity contribution in [3.8, 4) is 0 Å². The molecule has 3 nitrogen and oxygen atoms in total. The lowest BCUT2D eigenvalue weighted by atomic mass is 9.89. The monoisotopic (exact) mass is 293 g/mol. The Morgan fingerprint density at radius 2 is 2.00 bits per heavy atom. The minimum absolute atomic E-state index is 0.552. The summed E-state index contributed by atoms with van der Waals surface area (Å²) in [6, 6.07) is 1.18. The van der Waals surface area contributed by atoms with E-state index in [-0.39, 0.29) is 0 Å². The lowest BCUT2D eigenvalue weighted by Crippen LogP contribution is -2.59. The van der Waals surface area contributed by atoms with E-state index in [1.54, 1.807) is 5.57 Å². The molecule has 21 heavy (non-hydrogen) atoms. The zero-order valence-corrected chi connectivity index (χ0v) is 14.4. The summed E-state index contributed by atoms with van der Waals surface area (Å²) in [5.41, 5.74) is 1.69. The number of allylic oxidation sites excluding steroid dienone is 1. The van der Waals surface area contributed by atoms with Gasteiger partial charge < -0.3 is 10.2 Å². The Morgan fingerprint density at radius 1 is 1.19 bits per heavy atom. The molecule has 1 aliphatic heterocycles. The van der Waals surface area contributed by atoms with Crippen LogP contribution in [0.5, 0.6) is 0 Å². The van der Waals surface area contributed by atoms with Gasteiger partial charge in [0.1, 0.15) is 0 Å². The Morgan fingerprint density at radius 3 is 2.81 bits per heavy atom. The van der Waals surface area contributed by atoms with Gasteiger partial charge in [0, 0.05) is 31.7 Å². The van der Waals surface area contributed by atoms with Crippen molar-refractivity contribution in [1.82, 2.24) is 15.1 Å². The van der Waals surface area contributed by atoms with Crippen molar-refractivity contribution in [1.29, 1.82) is 0 Å². The third-order valence-electron chi connectivity index (χ3n) is 5.12. The van der Waals surface area contributed by atoms with E-state index in [2.05, 4.69) is 42.2 Å². The van der Waals surface area contributed by atoms with Gasteiger partial charge in [0.05, 0.1) is 0 Å². The van der Waals surface area contributed by atoms with Gasteiger partial charge in [-0.05, 0) is 52.7 Å². The third kappa shape index (κ3) is 5.08. The van der Waals surface area contributed by atoms with Gasteiger partial charge >= 0.3 is 0 Å². The molecule has 2 aliphatic rings. The molecule has 122 valence electrons. The number of likely N-dealkylation sites (N-methyl/N-ethyl adjacent to an activating group) is 2. The largest absolute Gasteiger partial charge is 0.309 e. The summed E-state index contributed by atoms with van der Waals surface area (Å²) >= 11 is 0. The molecule has 0 bridgehead atoms. The Bertz CT molecular complexity index is 326. The molecule has 2 rings (SSSR count). The number of nitrogens with zero attached hydrogens (tertiary/aromatic N) is 2. The summed E-state index contributed by atoms with van der Waals surface area (Å²) in [5.74, 6) is 0. The van der Waals surface area contributed by atoms with E-state index in [4.69, 9.17) is 0 Å². The fraction of sp³-hybridized carbons (Fsp3) is 0.889. The topological polar surface area (TPSA) is 18.5 Å². The van der Waals surface area contributed by atoms with Crippen LogP contribution < -0.4 is 5.32 Å². The zero-order chi connectivity index (χ0) is 15.1. The van der Waals surface area contributed by atoms with Crippen molar-refractivity contribution >= 4 is 0 Å². The third-order valence-corrected chi connectivity index (χ3v) is 5.12. The van der Waals surface area contributed by atoms with Gasteiger partial charge in [-0.3, -0.25) is 4.90 Å². The number of hydrogen-bond acceptors (Lipinski definition) is 3. The van der Waals surface area contributed by atoms with Crippen LogP contribution in [-0.4, -0.2) is 62.2 Å². The maximum Gasteiger partial charge on any atom is 0.0449 e. The summed E-state index contributed by atoms with van der Waals surface area (Å²) in [4.78, 5) is 5.07. The van der Waals surface area contributed by atoms with Crippen LogP contribution in [0.3, 0.4) is 0 Å². The SMILES string of the molecule is CCCNC(C1=CCCCCCC1)C1CN(C)CCN1C. The Labute approximate surface area is 131 Å². The van der Waals surface area contributed by atoms with Crippen molar-refractivity contribution in [2.24, 2.45) is 0 Å². The van der Waals surface area contributed by atoms with Crippen LogP contribution in [0.25, 0.3) is 0 Å². The number of piperazine rings is 1. The number of nitrogens with one attached hydrogen (secondary N) is 1. The first-order chi connectivity index (χ1) is 10.2. The molecule has 0 amide bonds. The maximum atomic E-state index is 3.87. The fourth-order valence-electron chi connectivity index (χ4n) is 3.72. The molecule has 1 fully saturated rings. The van der Waals surface area contributed by atoms with Crippen LogP contribution in [0.15, 0.2) is 11.6 Å². The molecule has 1 aliphatic carbocycles. The first-order valence-corrected chi connectivity index (χ1v) is 9.03. The van der Waals surface area contributed by atoms with Gasteiger partial charge in [0.15, 0.2) is 0 Å². The van der Waals surface area contributed by atoms with Crippen molar-refractivity contribution in [3.63, 3.8) is 0 Å². The minimum Gasteiger partial charge on any atom is -0.309 e. The molecule has 0 aromatic carbocycles. The highest BCUT2D eigenvalue weighted by molar-refractivity contribution is 5.16. The Balaban J connectivity index is 2.11. The second-order valence-corrected chi connectivity index (χ2v) is 6.97. The molecule has 0 spiro atoms. The molecule has 0 radical (unpaired) electrons. The first-order valence-electron chi connectivity index (χ1n) is 9.03. The molecule has 1 saturated heterocycles. The predicted molar refractivity (Wildman–Crippen MR) is 91.8 cm³/mol. The smallest absolute Gasteiger partial charge is 0.0449 e. The van der Waals surface area contributed by atoms with Gasteiger partial charge in [-0.2, -0.15) is 0 Å². The Hall–Kier alpha value is -0.380. The summed E-state index contributed by atoms with van der Waals surface area (Å²) in [6.45, 7) is 6.99. The van der Waals surface area contributed by atoms with E-state index in [0.29, 0.717) is 12.1 Å². The van der Waals surface area contributed by atoms with Crippen LogP contribution in [-0.2, 0) is 0 Å². The normalized spacial score (nSPS) is 27.8. The van der Waals surface area contributed by atoms with E-state index < -0.39 is 0 Å². The van der Waals surface area contributed by atoms with Crippen molar-refractivity contribution in [3.05, 3.63) is 11.6 Å². The zero-order valence-electron chi connectivity index (χ0n) is 14.4. The van der Waals surface area contributed by atoms with Crippen LogP contribution in [0, 0.1) is 0 Å². The molecule has 0 aromatic rings. The van der Waals surface area contributed by atoms with E-state index in [0.717, 1.165) is 6.54 Å². The molecular weight excluding hydrogens is 258 g/mol. The van der Waals surface area contributed by atoms with E-state index in [1.807, 2.05) is 0 Å². The molecule has 3 heteroatoms. The molecule has 1 N–H and O–H groups in total. The van der Waals surface area contributed by atoms with Gasteiger partial charge in [-0.25, -0.2) is 0 Å². The summed E-state index contributed by atoms with van der Waals surface area (Å²) in [7, 11) is 4.57. The van der Waals surface area contributed by atoms with Crippen LogP contribution in [0.1, 0.15) is 51.9 Å². The number of hydrogen-bond donors (Lipinski definition) is 1. The molecular formula is C18H35N3. The molecule has 0 saturated carbocycles. The van der Waals surface area contributed by atoms with Crippen molar-refractivity contribution in [2.75, 3.05) is 40.3 Å². The standard InChI is InChI=1S/C18H35N3/c1-4-12-19-18(16-10-8-6-5-7-9-11-16)17-15-20(2)13-14-21(17)3/h10,17-19H,4-9,11-15H2,1-3H3. The maximum absolute atomic E-state index is 3.87. The minimum atomic E-state index is 0.552. The quantitative estimate of drug-likeness (QED) is 0.786. The summed E-state index contributed by atoms with van der Waals surface area (Å²) in [5, 5.41) is 3.87. The molecule has 2 unspecified atom stereocenters. The van der Waals surface area contributed by atoms with Gasteiger partial charge in [0.25, 0.3) is 0 Å². The highest BCUT2D eigenvalue weighted by atomic mass is 15.3. The first kappa shape index (κ1) is 17.0. The number of rotatable bonds is 5. The van der Waals surface area contributed by atoms with Crippen molar-refractivity contribution in [2.45, 2.75) is 64.0 Å². The van der Waals surface area contributed by atoms with Crippen molar-refractivity contribution < 1.29 is 0 Å². The average molecular weight is 293 g/mol. The van der Waals surface area contributed by atoms with E-state index in [1.165, 1.54) is 64.6 Å². The highest BCUT2D eigenvalue weighted by Crippen LogP contribution is 2.24. The molecule has 0 aromatic heterocycles. The van der Waals surface area contributed by atoms with E-state index in [9.17, 15) is 0 Å². The highest BCUT2D eigenvalue weighted by Gasteiger charge is 2.31. The second kappa shape index (κ2) is 8.92. The van der Waals surface area contributed by atoms with E-state index >= 15 is 0 Å². The molecule has 1 heterocycles. The average Bonchev–Trinajstić information content (AvgIpc) is 2.44. The van der Waals surface area contributed by atoms with Gasteiger partial charge in [-0.15, -0.1) is 0 Å².